The summed E-state index contributed by atoms with van der Waals surface area (Å²) in [5.74, 6) is -0.564. The highest BCUT2D eigenvalue weighted by Crippen LogP contribution is 2.27. The highest BCUT2D eigenvalue weighted by atomic mass is 35.5. The van der Waals surface area contributed by atoms with E-state index in [9.17, 15) is 14.9 Å². The molecule has 142 valence electrons. The first-order valence-electron chi connectivity index (χ1n) is 8.72. The molecule has 0 heterocycles. The molecule has 0 aliphatic rings. The smallest absolute Gasteiger partial charge is 0.267 e. The molecule has 4 aromatic carbocycles. The zero-order valence-electron chi connectivity index (χ0n) is 15.0. The van der Waals surface area contributed by atoms with Crippen molar-refractivity contribution in [3.05, 3.63) is 99.1 Å². The van der Waals surface area contributed by atoms with Crippen molar-refractivity contribution in [2.45, 2.75) is 0 Å². The number of carbonyl (C=O) groups is 1. The van der Waals surface area contributed by atoms with Gasteiger partial charge in [-0.25, -0.2) is 5.43 Å². The molecule has 6 nitrogen and oxygen atoms in total. The third-order valence-corrected chi connectivity index (χ3v) is 4.90. The van der Waals surface area contributed by atoms with E-state index < -0.39 is 10.8 Å². The minimum absolute atomic E-state index is 0.0303. The van der Waals surface area contributed by atoms with Crippen molar-refractivity contribution < 1.29 is 9.72 Å². The van der Waals surface area contributed by atoms with Crippen molar-refractivity contribution in [3.8, 4) is 0 Å². The Bertz CT molecular complexity index is 1250. The Morgan fingerprint density at radius 3 is 2.21 bits per heavy atom. The van der Waals surface area contributed by atoms with Crippen molar-refractivity contribution in [2.75, 3.05) is 0 Å². The second-order valence-corrected chi connectivity index (χ2v) is 6.76. The number of halogens is 1. The molecule has 0 saturated carbocycles. The summed E-state index contributed by atoms with van der Waals surface area (Å²) in [6.07, 6.45) is 1.59. The predicted molar refractivity (Wildman–Crippen MR) is 115 cm³/mol. The van der Waals surface area contributed by atoms with Crippen molar-refractivity contribution in [1.29, 1.82) is 0 Å². The first kappa shape index (κ1) is 18.6. The van der Waals surface area contributed by atoms with Crippen LogP contribution in [0, 0.1) is 10.1 Å². The maximum absolute atomic E-state index is 12.4. The van der Waals surface area contributed by atoms with Gasteiger partial charge in [0.2, 0.25) is 0 Å². The van der Waals surface area contributed by atoms with Gasteiger partial charge in [0.1, 0.15) is 5.02 Å². The standard InChI is InChI=1S/C22H14ClN3O3/c23-20-10-9-16(12-21(20)26(28)29)22(27)25-24-13-19-17-7-3-1-5-14(17)11-15-6-2-4-8-18(15)19/h1-13H,(H,25,27)/b24-13-. The fourth-order valence-electron chi connectivity index (χ4n) is 3.20. The molecule has 0 aromatic heterocycles. The molecule has 0 bridgehead atoms. The topological polar surface area (TPSA) is 84.6 Å². The zero-order valence-corrected chi connectivity index (χ0v) is 15.8. The quantitative estimate of drug-likeness (QED) is 0.216. The molecule has 0 aliphatic heterocycles. The van der Waals surface area contributed by atoms with Gasteiger partial charge in [-0.1, -0.05) is 60.1 Å². The Balaban J connectivity index is 1.67. The van der Waals surface area contributed by atoms with Gasteiger partial charge in [0.25, 0.3) is 11.6 Å². The summed E-state index contributed by atoms with van der Waals surface area (Å²) in [5, 5.41) is 19.2. The number of hydrazone groups is 1. The molecule has 0 saturated heterocycles. The number of fused-ring (bicyclic) bond motifs is 2. The molecular formula is C22H14ClN3O3. The van der Waals surface area contributed by atoms with Gasteiger partial charge in [0.05, 0.1) is 11.1 Å². The number of hydrogen-bond acceptors (Lipinski definition) is 4. The lowest BCUT2D eigenvalue weighted by Gasteiger charge is -2.08. The van der Waals surface area contributed by atoms with Gasteiger partial charge in [0.15, 0.2) is 0 Å². The third kappa shape index (κ3) is 3.66. The minimum atomic E-state index is -0.634. The van der Waals surface area contributed by atoms with Gasteiger partial charge < -0.3 is 0 Å². The number of benzene rings is 4. The molecule has 0 fully saturated rings. The Morgan fingerprint density at radius 1 is 0.966 bits per heavy atom. The lowest BCUT2D eigenvalue weighted by molar-refractivity contribution is -0.384. The summed E-state index contributed by atoms with van der Waals surface area (Å²) in [7, 11) is 0. The second kappa shape index (κ2) is 7.69. The Labute approximate surface area is 170 Å². The van der Waals surface area contributed by atoms with Crippen LogP contribution in [0.1, 0.15) is 15.9 Å². The van der Waals surface area contributed by atoms with Crippen molar-refractivity contribution >= 4 is 51.0 Å². The molecule has 1 N–H and O–H groups in total. The van der Waals surface area contributed by atoms with Crippen LogP contribution in [0.5, 0.6) is 0 Å². The van der Waals surface area contributed by atoms with E-state index in [0.29, 0.717) is 0 Å². The normalized spacial score (nSPS) is 11.2. The third-order valence-electron chi connectivity index (χ3n) is 4.58. The van der Waals surface area contributed by atoms with E-state index in [2.05, 4.69) is 16.6 Å². The summed E-state index contributed by atoms with van der Waals surface area (Å²) < 4.78 is 0. The molecule has 4 rings (SSSR count). The van der Waals surface area contributed by atoms with E-state index >= 15 is 0 Å². The van der Waals surface area contributed by atoms with Crippen LogP contribution in [0.4, 0.5) is 5.69 Å². The van der Waals surface area contributed by atoms with E-state index in [-0.39, 0.29) is 16.3 Å². The van der Waals surface area contributed by atoms with Crippen molar-refractivity contribution in [3.63, 3.8) is 0 Å². The van der Waals surface area contributed by atoms with Crippen molar-refractivity contribution in [1.82, 2.24) is 5.43 Å². The van der Waals surface area contributed by atoms with Crippen LogP contribution in [-0.4, -0.2) is 17.0 Å². The Kier molecular flexibility index (Phi) is 4.93. The SMILES string of the molecule is O=C(N/N=C\c1c2ccccc2cc2ccccc12)c1ccc(Cl)c([N+](=O)[O-])c1. The first-order chi connectivity index (χ1) is 14.0. The highest BCUT2D eigenvalue weighted by molar-refractivity contribution is 6.32. The molecule has 0 unspecified atom stereocenters. The van der Waals surface area contributed by atoms with Crippen LogP contribution in [0.15, 0.2) is 77.9 Å². The van der Waals surface area contributed by atoms with Gasteiger partial charge in [-0.2, -0.15) is 5.10 Å². The zero-order chi connectivity index (χ0) is 20.4. The van der Waals surface area contributed by atoms with E-state index in [0.717, 1.165) is 33.2 Å². The summed E-state index contributed by atoms with van der Waals surface area (Å²) in [6.45, 7) is 0. The molecule has 0 radical (unpaired) electrons. The number of nitrogens with zero attached hydrogens (tertiary/aromatic N) is 2. The molecule has 29 heavy (non-hydrogen) atoms. The summed E-state index contributed by atoms with van der Waals surface area (Å²) in [6, 6.07) is 21.8. The molecular weight excluding hydrogens is 390 g/mol. The van der Waals surface area contributed by atoms with E-state index in [4.69, 9.17) is 11.6 Å². The van der Waals surface area contributed by atoms with Crippen LogP contribution >= 0.6 is 11.6 Å². The molecule has 7 heteroatoms. The van der Waals surface area contributed by atoms with E-state index in [1.54, 1.807) is 6.21 Å². The number of rotatable bonds is 4. The van der Waals surface area contributed by atoms with Gasteiger partial charge in [-0.05, 0) is 39.7 Å². The van der Waals surface area contributed by atoms with Gasteiger partial charge >= 0.3 is 0 Å². The summed E-state index contributed by atoms with van der Waals surface area (Å²) in [4.78, 5) is 22.7. The second-order valence-electron chi connectivity index (χ2n) is 6.35. The summed E-state index contributed by atoms with van der Waals surface area (Å²) in [5.41, 5.74) is 3.07. The Morgan fingerprint density at radius 2 is 1.59 bits per heavy atom. The maximum atomic E-state index is 12.4. The van der Waals surface area contributed by atoms with Gasteiger partial charge in [-0.15, -0.1) is 0 Å². The number of nitrogens with one attached hydrogen (secondary N) is 1. The maximum Gasteiger partial charge on any atom is 0.288 e. The Hall–Kier alpha value is -3.77. The fraction of sp³-hybridized carbons (Fsp3) is 0. The van der Waals surface area contributed by atoms with Gasteiger partial charge in [0, 0.05) is 17.2 Å². The van der Waals surface area contributed by atoms with Crippen LogP contribution in [0.25, 0.3) is 21.5 Å². The highest BCUT2D eigenvalue weighted by Gasteiger charge is 2.16. The average molecular weight is 404 g/mol. The molecule has 0 aliphatic carbocycles. The molecule has 0 atom stereocenters. The number of hydrogen-bond donors (Lipinski definition) is 1. The lowest BCUT2D eigenvalue weighted by Crippen LogP contribution is -2.17. The number of carbonyl (C=O) groups excluding carboxylic acids is 1. The fourth-order valence-corrected chi connectivity index (χ4v) is 3.39. The van der Waals surface area contributed by atoms with Crippen LogP contribution in [0.2, 0.25) is 5.02 Å². The van der Waals surface area contributed by atoms with E-state index in [1.807, 2.05) is 48.5 Å². The summed E-state index contributed by atoms with van der Waals surface area (Å²) >= 11 is 5.79. The van der Waals surface area contributed by atoms with Gasteiger partial charge in [-0.3, -0.25) is 14.9 Å². The number of nitro groups is 1. The largest absolute Gasteiger partial charge is 0.288 e. The van der Waals surface area contributed by atoms with E-state index in [1.165, 1.54) is 12.1 Å². The molecule has 4 aromatic rings. The van der Waals surface area contributed by atoms with Crippen LogP contribution in [-0.2, 0) is 0 Å². The number of nitro benzene ring substituents is 1. The average Bonchev–Trinajstić information content (AvgIpc) is 2.73. The molecule has 1 amide bonds. The van der Waals surface area contributed by atoms with Crippen LogP contribution < -0.4 is 5.43 Å². The molecule has 0 spiro atoms. The number of amides is 1. The first-order valence-corrected chi connectivity index (χ1v) is 9.10. The minimum Gasteiger partial charge on any atom is -0.267 e. The van der Waals surface area contributed by atoms with Crippen molar-refractivity contribution in [2.24, 2.45) is 5.10 Å². The van der Waals surface area contributed by atoms with Crippen LogP contribution in [0.3, 0.4) is 0 Å². The predicted octanol–water partition coefficient (Wildman–Crippen LogP) is 5.32. The monoisotopic (exact) mass is 403 g/mol. The lowest BCUT2D eigenvalue weighted by atomic mass is 9.97.